The topological polar surface area (TPSA) is 227 Å². The molecule has 15 atom stereocenters. The molecule has 6 aliphatic rings. The molecule has 2 aliphatic heterocycles. The molecular weight excluding hydrogens is 768 g/mol. The van der Waals surface area contributed by atoms with Crippen molar-refractivity contribution < 1.29 is 62.8 Å². The number of Topliss-reactive ketones (excluding diaryl/α,β-unsaturated/α-hetero) is 1. The minimum atomic E-state index is -2.14. The molecule has 59 heavy (non-hydrogen) atoms. The summed E-state index contributed by atoms with van der Waals surface area (Å²) in [4.78, 5) is 78.7. The first kappa shape index (κ1) is 43.9. The second kappa shape index (κ2) is 16.1. The number of hydrogen-bond acceptors (Lipinski definition) is 14. The van der Waals surface area contributed by atoms with Gasteiger partial charge in [-0.15, -0.1) is 0 Å². The molecule has 4 aliphatic carbocycles. The zero-order valence-electron chi connectivity index (χ0n) is 35.0. The number of esters is 2. The van der Waals surface area contributed by atoms with E-state index in [1.54, 1.807) is 26.8 Å². The number of nitrogens with one attached hydrogen (secondary N) is 1. The smallest absolute Gasteiger partial charge is 0.407 e. The summed E-state index contributed by atoms with van der Waals surface area (Å²) in [6.45, 7) is 13.5. The zero-order chi connectivity index (χ0) is 43.5. The Balaban J connectivity index is 1.54. The number of nitrogens with zero attached hydrogens (tertiary/aromatic N) is 1. The molecule has 16 heteroatoms. The molecule has 1 amide bonds. The summed E-state index contributed by atoms with van der Waals surface area (Å²) in [5, 5.41) is 39.3. The number of alkyl carbamates (subject to hydrolysis) is 1. The second-order valence-electron chi connectivity index (χ2n) is 17.8. The molecule has 322 valence electrons. The van der Waals surface area contributed by atoms with Crippen LogP contribution in [0.15, 0.2) is 58.4 Å². The van der Waals surface area contributed by atoms with Gasteiger partial charge >= 0.3 is 18.0 Å². The van der Waals surface area contributed by atoms with Gasteiger partial charge in [-0.25, -0.2) is 9.59 Å². The van der Waals surface area contributed by atoms with E-state index in [2.05, 4.69) is 5.32 Å². The molecule has 2 bridgehead atoms. The van der Waals surface area contributed by atoms with E-state index in [0.717, 1.165) is 19.6 Å². The lowest BCUT2D eigenvalue weighted by Gasteiger charge is -2.55. The number of amides is 1. The van der Waals surface area contributed by atoms with Crippen molar-refractivity contribution in [2.45, 2.75) is 129 Å². The van der Waals surface area contributed by atoms with Gasteiger partial charge in [0.05, 0.1) is 37.8 Å². The first-order chi connectivity index (χ1) is 27.6. The summed E-state index contributed by atoms with van der Waals surface area (Å²) >= 11 is 0. The molecule has 3 N–H and O–H groups in total. The number of carbonyl (C=O) groups is 5. The minimum Gasteiger partial charge on any atom is -0.511 e. The third kappa shape index (κ3) is 7.34. The Morgan fingerprint density at radius 2 is 1.78 bits per heavy atom. The summed E-state index contributed by atoms with van der Waals surface area (Å²) in [5.41, 5.74) is -4.55. The molecule has 0 aromatic rings. The predicted octanol–water partition coefficient (Wildman–Crippen LogP) is 4.78. The number of aldehydes is 1. The lowest BCUT2D eigenvalue weighted by atomic mass is 9.49. The van der Waals surface area contributed by atoms with Gasteiger partial charge in [-0.2, -0.15) is 0 Å². The number of ketones is 1. The third-order valence-electron chi connectivity index (χ3n) is 14.0. The number of allylic oxidation sites excluding steroid dienone is 3. The molecule has 0 aromatic heterocycles. The van der Waals surface area contributed by atoms with Crippen LogP contribution in [0.1, 0.15) is 81.1 Å². The SMILES string of the molecule is COC(=O)NC1[C@H](C)O[C@@H](O[C@H]2C/C=C(\C)[C@@H]3C=C[C@@H]4[C@@H](O)[C@@H](C)C[C@H](C)[C@H]4[C@]3(C)/C(O)=C3\C(=O)O[C@]4(CC(C=O)=C[C@H](OC(C)=O)[C@H]4/C=C\2C)C3=O)CC1(C)[N+](=O)[O-]. The van der Waals surface area contributed by atoms with Crippen molar-refractivity contribution in [2.24, 2.45) is 40.9 Å². The Morgan fingerprint density at radius 3 is 2.41 bits per heavy atom. The van der Waals surface area contributed by atoms with Crippen molar-refractivity contribution in [1.29, 1.82) is 0 Å². The highest BCUT2D eigenvalue weighted by atomic mass is 16.7. The molecule has 1 saturated carbocycles. The number of methoxy groups -OCH3 is 1. The average Bonchev–Trinajstić information content (AvgIpc) is 3.41. The van der Waals surface area contributed by atoms with Gasteiger partial charge in [-0.1, -0.05) is 50.6 Å². The van der Waals surface area contributed by atoms with Gasteiger partial charge in [0, 0.05) is 42.4 Å². The number of rotatable bonds is 6. The average molecular weight is 825 g/mol. The van der Waals surface area contributed by atoms with Crippen LogP contribution in [0.3, 0.4) is 0 Å². The fourth-order valence-corrected chi connectivity index (χ4v) is 11.1. The molecule has 0 radical (unpaired) electrons. The summed E-state index contributed by atoms with van der Waals surface area (Å²) < 4.78 is 29.3. The van der Waals surface area contributed by atoms with Gasteiger partial charge in [0.25, 0.3) is 0 Å². The van der Waals surface area contributed by atoms with E-state index in [4.69, 9.17) is 23.7 Å². The number of hydrogen-bond donors (Lipinski definition) is 3. The fourth-order valence-electron chi connectivity index (χ4n) is 11.1. The normalized spacial score (nSPS) is 45.1. The van der Waals surface area contributed by atoms with Crippen molar-refractivity contribution in [3.8, 4) is 0 Å². The van der Waals surface area contributed by atoms with E-state index in [0.29, 0.717) is 18.3 Å². The molecule has 2 saturated heterocycles. The highest BCUT2D eigenvalue weighted by molar-refractivity contribution is 6.26. The summed E-state index contributed by atoms with van der Waals surface area (Å²) in [6, 6.07) is -1.09. The maximum atomic E-state index is 15.1. The number of aliphatic hydroxyl groups excluding tert-OH is 2. The number of carbonyl (C=O) groups excluding carboxylic acids is 5. The van der Waals surface area contributed by atoms with Crippen molar-refractivity contribution in [1.82, 2.24) is 5.32 Å². The van der Waals surface area contributed by atoms with Gasteiger partial charge in [0.15, 0.2) is 11.9 Å². The predicted molar refractivity (Wildman–Crippen MR) is 209 cm³/mol. The number of fused-ring (bicyclic) bond motifs is 4. The maximum absolute atomic E-state index is 15.1. The van der Waals surface area contributed by atoms with Crippen molar-refractivity contribution in [3.05, 3.63) is 68.5 Å². The lowest BCUT2D eigenvalue weighted by Crippen LogP contribution is -2.65. The molecule has 0 aromatic carbocycles. The Morgan fingerprint density at radius 1 is 1.08 bits per heavy atom. The van der Waals surface area contributed by atoms with Gasteiger partial charge in [0.2, 0.25) is 11.3 Å². The quantitative estimate of drug-likeness (QED) is 0.0624. The van der Waals surface area contributed by atoms with Gasteiger partial charge in [-0.3, -0.25) is 24.5 Å². The number of nitro groups is 1. The van der Waals surface area contributed by atoms with E-state index in [-0.39, 0.29) is 36.7 Å². The van der Waals surface area contributed by atoms with Crippen molar-refractivity contribution >= 4 is 30.1 Å². The van der Waals surface area contributed by atoms with Crippen LogP contribution in [0.25, 0.3) is 0 Å². The lowest BCUT2D eigenvalue weighted by molar-refractivity contribution is -0.584. The van der Waals surface area contributed by atoms with Crippen molar-refractivity contribution in [2.75, 3.05) is 7.11 Å². The molecule has 2 unspecified atom stereocenters. The van der Waals surface area contributed by atoms with Crippen LogP contribution in [0, 0.1) is 51.0 Å². The van der Waals surface area contributed by atoms with Gasteiger partial charge in [-0.05, 0) is 68.6 Å². The molecule has 2 heterocycles. The Kier molecular flexibility index (Phi) is 12.0. The molecule has 6 rings (SSSR count). The monoisotopic (exact) mass is 824 g/mol. The van der Waals surface area contributed by atoms with Crippen LogP contribution in [0.5, 0.6) is 0 Å². The van der Waals surface area contributed by atoms with Crippen LogP contribution < -0.4 is 5.32 Å². The first-order valence-corrected chi connectivity index (χ1v) is 20.2. The van der Waals surface area contributed by atoms with Crippen molar-refractivity contribution in [3.63, 3.8) is 0 Å². The molecule has 16 nitrogen and oxygen atoms in total. The Hall–Kier alpha value is -4.67. The van der Waals surface area contributed by atoms with Gasteiger partial charge < -0.3 is 39.2 Å². The van der Waals surface area contributed by atoms with E-state index in [1.165, 1.54) is 13.0 Å². The number of ether oxygens (including phenoxy) is 5. The minimum absolute atomic E-state index is 0.0385. The third-order valence-corrected chi connectivity index (χ3v) is 14.0. The molecule has 3 fully saturated rings. The van der Waals surface area contributed by atoms with Crippen LogP contribution in [-0.4, -0.2) is 100 Å². The van der Waals surface area contributed by atoms with Crippen LogP contribution in [0.2, 0.25) is 0 Å². The van der Waals surface area contributed by atoms with E-state index < -0.39 is 117 Å². The Bertz CT molecular complexity index is 1950. The number of aliphatic hydroxyl groups is 2. The highest BCUT2D eigenvalue weighted by Crippen LogP contribution is 2.60. The Labute approximate surface area is 343 Å². The van der Waals surface area contributed by atoms with Crippen LogP contribution in [0.4, 0.5) is 4.79 Å². The van der Waals surface area contributed by atoms with E-state index in [9.17, 15) is 39.5 Å². The fraction of sp³-hybridized carbons (Fsp3) is 0.651. The molecular formula is C43H56N2O14. The highest BCUT2D eigenvalue weighted by Gasteiger charge is 2.65. The maximum Gasteiger partial charge on any atom is 0.407 e. The summed E-state index contributed by atoms with van der Waals surface area (Å²) in [5.74, 6) is -6.03. The van der Waals surface area contributed by atoms with E-state index >= 15 is 4.79 Å². The van der Waals surface area contributed by atoms with E-state index in [1.807, 2.05) is 39.0 Å². The summed E-state index contributed by atoms with van der Waals surface area (Å²) in [7, 11) is 1.15. The summed E-state index contributed by atoms with van der Waals surface area (Å²) in [6.07, 6.45) is 3.42. The zero-order valence-corrected chi connectivity index (χ0v) is 35.0. The van der Waals surface area contributed by atoms with Crippen LogP contribution >= 0.6 is 0 Å². The second-order valence-corrected chi connectivity index (χ2v) is 17.8. The standard InChI is InChI=1S/C43H56N2O14/c1-20-10-13-30(58-32-18-41(7,45(53)54)36(24(5)56-32)44-40(52)55-9)21(2)15-29-31(57-25(6)47)16-26(19-46)17-43(29)38(50)33(39(51)59-43)37(49)42(8)28(20)12-11-27-34(42)22(3)14-23(4)35(27)48/h10-12,15-16,19,22-24,27-32,34-36,48-49H,13-14,17-18H2,1-9H3,(H,44,52)/b20-10+,21-15-,37-33+/t22-,23-,24-,27-,28-,29+,30-,31-,32-,34+,35-,36?,41?,42+,43-/m0/s1. The van der Waals surface area contributed by atoms with Gasteiger partial charge in [0.1, 0.15) is 29.8 Å². The van der Waals surface area contributed by atoms with Crippen LogP contribution in [-0.2, 0) is 42.9 Å². The first-order valence-electron chi connectivity index (χ1n) is 20.2. The molecule has 1 spiro atoms. The largest absolute Gasteiger partial charge is 0.511 e.